The van der Waals surface area contributed by atoms with Gasteiger partial charge < -0.3 is 10.6 Å². The van der Waals surface area contributed by atoms with Gasteiger partial charge in [0.05, 0.1) is 12.1 Å². The van der Waals surface area contributed by atoms with E-state index in [1.165, 1.54) is 11.1 Å². The minimum absolute atomic E-state index is 0.0658. The monoisotopic (exact) mass is 260 g/mol. The molecular weight excluding hydrogens is 236 g/mol. The second kappa shape index (κ2) is 5.74. The summed E-state index contributed by atoms with van der Waals surface area (Å²) < 4.78 is 0. The van der Waals surface area contributed by atoms with Crippen LogP contribution in [0.25, 0.3) is 0 Å². The smallest absolute Gasteiger partial charge is 0.240 e. The summed E-state index contributed by atoms with van der Waals surface area (Å²) in [5.41, 5.74) is 8.72. The van der Waals surface area contributed by atoms with Crippen molar-refractivity contribution in [2.75, 3.05) is 7.05 Å². The molecule has 3 nitrogen and oxygen atoms in total. The zero-order valence-electron chi connectivity index (χ0n) is 12.1. The number of nitrogens with two attached hydrogens (primary N) is 1. The van der Waals surface area contributed by atoms with Crippen LogP contribution in [0.15, 0.2) is 24.3 Å². The maximum atomic E-state index is 12.4. The quantitative estimate of drug-likeness (QED) is 0.904. The molecule has 0 spiro atoms. The molecule has 0 saturated carbocycles. The minimum atomic E-state index is -0.386. The van der Waals surface area contributed by atoms with Gasteiger partial charge in [0.15, 0.2) is 0 Å². The normalized spacial score (nSPS) is 20.7. The Balaban J connectivity index is 2.13. The van der Waals surface area contributed by atoms with Gasteiger partial charge in [-0.25, -0.2) is 0 Å². The van der Waals surface area contributed by atoms with Crippen LogP contribution in [0.5, 0.6) is 0 Å². The van der Waals surface area contributed by atoms with Crippen LogP contribution >= 0.6 is 0 Å². The predicted molar refractivity (Wildman–Crippen MR) is 77.7 cm³/mol. The van der Waals surface area contributed by atoms with Crippen LogP contribution in [0.2, 0.25) is 0 Å². The number of hydrogen-bond acceptors (Lipinski definition) is 2. The first-order valence-corrected chi connectivity index (χ1v) is 7.16. The molecule has 0 aromatic heterocycles. The Kier molecular flexibility index (Phi) is 4.25. The van der Waals surface area contributed by atoms with Crippen molar-refractivity contribution in [3.63, 3.8) is 0 Å². The van der Waals surface area contributed by atoms with Gasteiger partial charge in [-0.1, -0.05) is 44.5 Å². The highest BCUT2D eigenvalue weighted by Gasteiger charge is 2.31. The Bertz CT molecular complexity index is 458. The highest BCUT2D eigenvalue weighted by Crippen LogP contribution is 2.35. The molecule has 2 N–H and O–H groups in total. The van der Waals surface area contributed by atoms with E-state index in [1.54, 1.807) is 0 Å². The van der Waals surface area contributed by atoms with Crippen molar-refractivity contribution in [1.29, 1.82) is 0 Å². The molecule has 2 rings (SSSR count). The third-order valence-electron chi connectivity index (χ3n) is 4.46. The number of benzene rings is 1. The van der Waals surface area contributed by atoms with Gasteiger partial charge in [0.1, 0.15) is 0 Å². The second-order valence-corrected chi connectivity index (χ2v) is 5.61. The Morgan fingerprint density at radius 1 is 1.47 bits per heavy atom. The van der Waals surface area contributed by atoms with Crippen molar-refractivity contribution in [2.24, 2.45) is 11.7 Å². The molecule has 1 aliphatic carbocycles. The summed E-state index contributed by atoms with van der Waals surface area (Å²) in [4.78, 5) is 14.3. The van der Waals surface area contributed by atoms with Crippen molar-refractivity contribution in [3.05, 3.63) is 35.4 Å². The first kappa shape index (κ1) is 14.1. The van der Waals surface area contributed by atoms with Crippen LogP contribution < -0.4 is 5.73 Å². The van der Waals surface area contributed by atoms with E-state index in [9.17, 15) is 4.79 Å². The number of rotatable bonds is 4. The van der Waals surface area contributed by atoms with Crippen molar-refractivity contribution in [3.8, 4) is 0 Å². The predicted octanol–water partition coefficient (Wildman–Crippen LogP) is 2.51. The number of fused-ring (bicyclic) bond motifs is 1. The van der Waals surface area contributed by atoms with E-state index >= 15 is 0 Å². The van der Waals surface area contributed by atoms with Gasteiger partial charge in [-0.05, 0) is 29.9 Å². The molecular formula is C16H24N2O. The standard InChI is InChI=1S/C16H24N2O/c1-4-11(2)15(17)16(19)18(3)14-10-9-12-7-5-6-8-13(12)14/h5-8,11,14-15H,4,9-10,17H2,1-3H3. The van der Waals surface area contributed by atoms with Gasteiger partial charge in [-0.2, -0.15) is 0 Å². The van der Waals surface area contributed by atoms with E-state index < -0.39 is 0 Å². The maximum absolute atomic E-state index is 12.4. The summed E-state index contributed by atoms with van der Waals surface area (Å²) in [6.45, 7) is 4.11. The molecule has 1 amide bonds. The molecule has 0 aliphatic heterocycles. The molecule has 0 radical (unpaired) electrons. The maximum Gasteiger partial charge on any atom is 0.240 e. The van der Waals surface area contributed by atoms with E-state index in [-0.39, 0.29) is 23.9 Å². The molecule has 0 saturated heterocycles. The lowest BCUT2D eigenvalue weighted by atomic mass is 9.98. The highest BCUT2D eigenvalue weighted by molar-refractivity contribution is 5.82. The Morgan fingerprint density at radius 2 is 2.16 bits per heavy atom. The molecule has 0 fully saturated rings. The number of amides is 1. The lowest BCUT2D eigenvalue weighted by Gasteiger charge is -2.30. The molecule has 104 valence electrons. The van der Waals surface area contributed by atoms with Gasteiger partial charge in [0, 0.05) is 7.05 Å². The summed E-state index contributed by atoms with van der Waals surface area (Å²) in [6.07, 6.45) is 2.99. The highest BCUT2D eigenvalue weighted by atomic mass is 16.2. The lowest BCUT2D eigenvalue weighted by molar-refractivity contribution is -0.134. The largest absolute Gasteiger partial charge is 0.337 e. The minimum Gasteiger partial charge on any atom is -0.337 e. The van der Waals surface area contributed by atoms with E-state index in [2.05, 4.69) is 25.1 Å². The first-order chi connectivity index (χ1) is 9.06. The van der Waals surface area contributed by atoms with E-state index in [4.69, 9.17) is 5.73 Å². The van der Waals surface area contributed by atoms with Gasteiger partial charge in [-0.15, -0.1) is 0 Å². The topological polar surface area (TPSA) is 46.3 Å². The van der Waals surface area contributed by atoms with Gasteiger partial charge in [0.25, 0.3) is 0 Å². The Morgan fingerprint density at radius 3 is 2.84 bits per heavy atom. The summed E-state index contributed by atoms with van der Waals surface area (Å²) in [5, 5.41) is 0. The Hall–Kier alpha value is -1.35. The van der Waals surface area contributed by atoms with E-state index in [1.807, 2.05) is 24.9 Å². The van der Waals surface area contributed by atoms with Crippen LogP contribution in [0.3, 0.4) is 0 Å². The fourth-order valence-electron chi connectivity index (χ4n) is 2.82. The van der Waals surface area contributed by atoms with Crippen LogP contribution in [0.4, 0.5) is 0 Å². The molecule has 3 heteroatoms. The molecule has 3 atom stereocenters. The van der Waals surface area contributed by atoms with Crippen LogP contribution in [0, 0.1) is 5.92 Å². The molecule has 0 heterocycles. The second-order valence-electron chi connectivity index (χ2n) is 5.61. The van der Waals surface area contributed by atoms with Crippen molar-refractivity contribution < 1.29 is 4.79 Å². The zero-order chi connectivity index (χ0) is 14.0. The fourth-order valence-corrected chi connectivity index (χ4v) is 2.82. The van der Waals surface area contributed by atoms with Gasteiger partial charge in [0.2, 0.25) is 5.91 Å². The van der Waals surface area contributed by atoms with Crippen LogP contribution in [-0.2, 0) is 11.2 Å². The number of carbonyl (C=O) groups excluding carboxylic acids is 1. The van der Waals surface area contributed by atoms with E-state index in [0.717, 1.165) is 19.3 Å². The number of hydrogen-bond donors (Lipinski definition) is 1. The summed E-state index contributed by atoms with van der Waals surface area (Å²) in [7, 11) is 1.89. The fraction of sp³-hybridized carbons (Fsp3) is 0.562. The first-order valence-electron chi connectivity index (χ1n) is 7.16. The van der Waals surface area contributed by atoms with Crippen molar-refractivity contribution in [1.82, 2.24) is 4.90 Å². The number of nitrogens with zero attached hydrogens (tertiary/aromatic N) is 1. The third kappa shape index (κ3) is 2.66. The molecule has 1 aromatic rings. The van der Waals surface area contributed by atoms with Crippen LogP contribution in [-0.4, -0.2) is 23.9 Å². The number of carbonyl (C=O) groups is 1. The number of aryl methyl sites for hydroxylation is 1. The average molecular weight is 260 g/mol. The molecule has 1 aliphatic rings. The van der Waals surface area contributed by atoms with Crippen molar-refractivity contribution >= 4 is 5.91 Å². The van der Waals surface area contributed by atoms with Crippen molar-refractivity contribution in [2.45, 2.75) is 45.2 Å². The van der Waals surface area contributed by atoms with E-state index in [0.29, 0.717) is 0 Å². The lowest BCUT2D eigenvalue weighted by Crippen LogP contribution is -2.46. The number of likely N-dealkylation sites (N-methyl/N-ethyl adjacent to an activating group) is 1. The summed E-state index contributed by atoms with van der Waals surface area (Å²) in [6, 6.07) is 8.20. The van der Waals surface area contributed by atoms with Crippen LogP contribution in [0.1, 0.15) is 43.9 Å². The summed E-state index contributed by atoms with van der Waals surface area (Å²) >= 11 is 0. The molecule has 0 bridgehead atoms. The molecule has 3 unspecified atom stereocenters. The third-order valence-corrected chi connectivity index (χ3v) is 4.46. The zero-order valence-corrected chi connectivity index (χ0v) is 12.1. The Labute approximate surface area is 115 Å². The molecule has 19 heavy (non-hydrogen) atoms. The van der Waals surface area contributed by atoms with Gasteiger partial charge >= 0.3 is 0 Å². The average Bonchev–Trinajstić information content (AvgIpc) is 2.87. The summed E-state index contributed by atoms with van der Waals surface area (Å²) in [5.74, 6) is 0.294. The van der Waals surface area contributed by atoms with Gasteiger partial charge in [-0.3, -0.25) is 4.79 Å². The SMILES string of the molecule is CCC(C)C(N)C(=O)N(C)C1CCc2ccccc21. The molecule has 1 aromatic carbocycles.